The largest absolute Gasteiger partial charge is 0.320 e. The van der Waals surface area contributed by atoms with Crippen LogP contribution in [-0.4, -0.2) is 22.1 Å². The number of aromatic nitrogens is 2. The Morgan fingerprint density at radius 3 is 2.40 bits per heavy atom. The second-order valence-corrected chi connectivity index (χ2v) is 6.19. The predicted molar refractivity (Wildman–Crippen MR) is 86.5 cm³/mol. The summed E-state index contributed by atoms with van der Waals surface area (Å²) >= 11 is 1.45. The number of hydrogen-bond donors (Lipinski definition) is 2. The summed E-state index contributed by atoms with van der Waals surface area (Å²) in [7, 11) is 0. The minimum absolute atomic E-state index is 0. The summed E-state index contributed by atoms with van der Waals surface area (Å²) in [5.41, 5.74) is 5.83. The van der Waals surface area contributed by atoms with Crippen LogP contribution in [0.2, 0.25) is 0 Å². The molecule has 0 unspecified atom stereocenters. The van der Waals surface area contributed by atoms with Crippen molar-refractivity contribution in [2.75, 3.05) is 5.32 Å². The summed E-state index contributed by atoms with van der Waals surface area (Å²) in [6.45, 7) is 8.35. The molecule has 0 aromatic carbocycles. The lowest BCUT2D eigenvalue weighted by atomic mass is 10.0. The molecule has 3 N–H and O–H groups in total. The van der Waals surface area contributed by atoms with E-state index in [0.29, 0.717) is 23.4 Å². The number of nitrogens with two attached hydrogens (primary N) is 1. The average Bonchev–Trinajstić information content (AvgIpc) is 2.78. The minimum Gasteiger partial charge on any atom is -0.320 e. The van der Waals surface area contributed by atoms with E-state index in [0.717, 1.165) is 17.8 Å². The molecular weight excluding hydrogens is 296 g/mol. The van der Waals surface area contributed by atoms with Gasteiger partial charge in [0.1, 0.15) is 5.01 Å². The fourth-order valence-electron chi connectivity index (χ4n) is 1.90. The molecule has 1 amide bonds. The summed E-state index contributed by atoms with van der Waals surface area (Å²) in [6.07, 6.45) is 2.74. The van der Waals surface area contributed by atoms with Crippen molar-refractivity contribution in [2.24, 2.45) is 11.7 Å². The fraction of sp³-hybridized carbons (Fsp3) is 0.769. The van der Waals surface area contributed by atoms with Gasteiger partial charge in [0.2, 0.25) is 11.0 Å². The molecule has 7 heteroatoms. The van der Waals surface area contributed by atoms with Gasteiger partial charge in [-0.2, -0.15) is 0 Å². The van der Waals surface area contributed by atoms with Crippen LogP contribution in [0.3, 0.4) is 0 Å². The average molecular weight is 321 g/mol. The van der Waals surface area contributed by atoms with Crippen molar-refractivity contribution in [2.45, 2.75) is 58.9 Å². The first-order valence-electron chi connectivity index (χ1n) is 6.87. The van der Waals surface area contributed by atoms with Gasteiger partial charge in [0.25, 0.3) is 0 Å². The highest BCUT2D eigenvalue weighted by molar-refractivity contribution is 7.15. The molecule has 1 atom stereocenters. The van der Waals surface area contributed by atoms with Crippen molar-refractivity contribution in [3.63, 3.8) is 0 Å². The topological polar surface area (TPSA) is 80.9 Å². The van der Waals surface area contributed by atoms with Crippen LogP contribution in [0.5, 0.6) is 0 Å². The van der Waals surface area contributed by atoms with Crippen LogP contribution in [0.15, 0.2) is 0 Å². The molecule has 0 bridgehead atoms. The molecule has 5 nitrogen and oxygen atoms in total. The number of carbonyl (C=O) groups is 1. The smallest absolute Gasteiger partial charge is 0.243 e. The summed E-state index contributed by atoms with van der Waals surface area (Å²) in [6, 6.07) is -0.486. The lowest BCUT2D eigenvalue weighted by Crippen LogP contribution is -2.36. The normalized spacial score (nSPS) is 12.3. The van der Waals surface area contributed by atoms with Gasteiger partial charge in [-0.25, -0.2) is 0 Å². The van der Waals surface area contributed by atoms with Crippen molar-refractivity contribution < 1.29 is 4.79 Å². The summed E-state index contributed by atoms with van der Waals surface area (Å²) < 4.78 is 0. The third-order valence-corrected chi connectivity index (χ3v) is 4.07. The van der Waals surface area contributed by atoms with Crippen molar-refractivity contribution in [3.8, 4) is 0 Å². The molecule has 0 aliphatic rings. The van der Waals surface area contributed by atoms with Crippen molar-refractivity contribution in [3.05, 3.63) is 5.01 Å². The van der Waals surface area contributed by atoms with E-state index >= 15 is 0 Å². The van der Waals surface area contributed by atoms with Gasteiger partial charge in [-0.1, -0.05) is 39.0 Å². The molecule has 1 heterocycles. The molecule has 0 saturated heterocycles. The molecule has 20 heavy (non-hydrogen) atoms. The zero-order chi connectivity index (χ0) is 14.4. The SMILES string of the molecule is CCC(CC)c1nnc(NC(=O)[C@@H](N)CC(C)C)s1.Cl. The quantitative estimate of drug-likeness (QED) is 0.808. The van der Waals surface area contributed by atoms with E-state index < -0.39 is 6.04 Å². The Kier molecular flexibility index (Phi) is 8.93. The first-order chi connectivity index (χ1) is 8.97. The molecule has 0 saturated carbocycles. The van der Waals surface area contributed by atoms with Gasteiger partial charge in [-0.05, 0) is 25.2 Å². The zero-order valence-electron chi connectivity index (χ0n) is 12.5. The Hall–Kier alpha value is -0.720. The number of rotatable bonds is 7. The lowest BCUT2D eigenvalue weighted by Gasteiger charge is -2.12. The van der Waals surface area contributed by atoms with Gasteiger partial charge >= 0.3 is 0 Å². The Bertz CT molecular complexity index is 407. The highest BCUT2D eigenvalue weighted by Crippen LogP contribution is 2.28. The maximum Gasteiger partial charge on any atom is 0.243 e. The molecule has 1 rings (SSSR count). The predicted octanol–water partition coefficient (Wildman–Crippen LogP) is 3.18. The maximum atomic E-state index is 11.9. The number of anilines is 1. The first kappa shape index (κ1) is 19.3. The summed E-state index contributed by atoms with van der Waals surface area (Å²) in [5.74, 6) is 0.642. The molecular formula is C13H25ClN4OS. The second kappa shape index (κ2) is 9.26. The Morgan fingerprint density at radius 2 is 1.90 bits per heavy atom. The van der Waals surface area contributed by atoms with Gasteiger partial charge in [-0.15, -0.1) is 22.6 Å². The monoisotopic (exact) mass is 320 g/mol. The van der Waals surface area contributed by atoms with Crippen molar-refractivity contribution >= 4 is 34.8 Å². The molecule has 0 fully saturated rings. The summed E-state index contributed by atoms with van der Waals surface area (Å²) in [5, 5.41) is 12.4. The fourth-order valence-corrected chi connectivity index (χ4v) is 2.91. The van der Waals surface area contributed by atoms with Crippen LogP contribution in [-0.2, 0) is 4.79 Å². The highest BCUT2D eigenvalue weighted by Gasteiger charge is 2.18. The van der Waals surface area contributed by atoms with E-state index in [9.17, 15) is 4.79 Å². The second-order valence-electron chi connectivity index (χ2n) is 5.18. The third-order valence-electron chi connectivity index (χ3n) is 3.07. The van der Waals surface area contributed by atoms with Crippen molar-refractivity contribution in [1.82, 2.24) is 10.2 Å². The molecule has 1 aromatic rings. The first-order valence-corrected chi connectivity index (χ1v) is 7.69. The summed E-state index contributed by atoms with van der Waals surface area (Å²) in [4.78, 5) is 11.9. The number of nitrogens with one attached hydrogen (secondary N) is 1. The molecule has 0 aliphatic heterocycles. The number of amides is 1. The standard InChI is InChI=1S/C13H24N4OS.ClH/c1-5-9(6-2)12-16-17-13(19-12)15-11(18)10(14)7-8(3)4;/h8-10H,5-7,14H2,1-4H3,(H,15,17,18);1H/t10-;/m0./s1. The van der Waals surface area contributed by atoms with E-state index in [1.807, 2.05) is 13.8 Å². The maximum absolute atomic E-state index is 11.9. The van der Waals surface area contributed by atoms with Gasteiger partial charge < -0.3 is 5.73 Å². The van der Waals surface area contributed by atoms with E-state index in [4.69, 9.17) is 5.73 Å². The van der Waals surface area contributed by atoms with E-state index in [1.165, 1.54) is 11.3 Å². The van der Waals surface area contributed by atoms with Crippen LogP contribution >= 0.6 is 23.7 Å². The zero-order valence-corrected chi connectivity index (χ0v) is 14.2. The lowest BCUT2D eigenvalue weighted by molar-refractivity contribution is -0.117. The minimum atomic E-state index is -0.486. The molecule has 0 spiro atoms. The van der Waals surface area contributed by atoms with Gasteiger partial charge in [0, 0.05) is 5.92 Å². The van der Waals surface area contributed by atoms with Gasteiger partial charge in [-0.3, -0.25) is 10.1 Å². The molecule has 116 valence electrons. The number of halogens is 1. The van der Waals surface area contributed by atoms with Gasteiger partial charge in [0.15, 0.2) is 0 Å². The number of nitrogens with zero attached hydrogens (tertiary/aromatic N) is 2. The Morgan fingerprint density at radius 1 is 1.30 bits per heavy atom. The molecule has 0 radical (unpaired) electrons. The van der Waals surface area contributed by atoms with E-state index in [1.54, 1.807) is 0 Å². The van der Waals surface area contributed by atoms with Crippen LogP contribution in [0.4, 0.5) is 5.13 Å². The van der Waals surface area contributed by atoms with E-state index in [-0.39, 0.29) is 18.3 Å². The number of hydrogen-bond acceptors (Lipinski definition) is 5. The molecule has 1 aromatic heterocycles. The van der Waals surface area contributed by atoms with Crippen LogP contribution in [0, 0.1) is 5.92 Å². The van der Waals surface area contributed by atoms with Crippen molar-refractivity contribution in [1.29, 1.82) is 0 Å². The Balaban J connectivity index is 0.00000361. The van der Waals surface area contributed by atoms with Crippen LogP contribution in [0.25, 0.3) is 0 Å². The highest BCUT2D eigenvalue weighted by atomic mass is 35.5. The van der Waals surface area contributed by atoms with E-state index in [2.05, 4.69) is 29.4 Å². The van der Waals surface area contributed by atoms with Crippen LogP contribution in [0.1, 0.15) is 57.9 Å². The number of carbonyl (C=O) groups excluding carboxylic acids is 1. The van der Waals surface area contributed by atoms with Crippen LogP contribution < -0.4 is 11.1 Å². The molecule has 0 aliphatic carbocycles. The Labute approximate surface area is 131 Å². The van der Waals surface area contributed by atoms with Gasteiger partial charge in [0.05, 0.1) is 6.04 Å². The third kappa shape index (κ3) is 5.73.